The Morgan fingerprint density at radius 3 is 2.50 bits per heavy atom. The van der Waals surface area contributed by atoms with Crippen molar-refractivity contribution >= 4 is 20.2 Å². The number of hydrogen-bond donors (Lipinski definition) is 0. The molecule has 3 heteroatoms. The first-order chi connectivity index (χ1) is 9.67. The second-order valence-electron chi connectivity index (χ2n) is 4.89. The molecule has 3 aromatic rings. The van der Waals surface area contributed by atoms with Gasteiger partial charge in [0.05, 0.1) is 5.56 Å². The number of rotatable bonds is 2. The maximum Gasteiger partial charge on any atom is 0.344 e. The Hall–Kier alpha value is -1.92. The van der Waals surface area contributed by atoms with Gasteiger partial charge in [0.25, 0.3) is 0 Å². The summed E-state index contributed by atoms with van der Waals surface area (Å²) >= 11 is 0. The first-order valence-corrected chi connectivity index (χ1v) is 7.33. The van der Waals surface area contributed by atoms with Crippen molar-refractivity contribution in [2.45, 2.75) is 13.1 Å². The van der Waals surface area contributed by atoms with Crippen LogP contribution in [0.5, 0.6) is 0 Å². The summed E-state index contributed by atoms with van der Waals surface area (Å²) in [5.41, 5.74) is 4.15. The molecular weight excluding hydrogens is 267 g/mol. The van der Waals surface area contributed by atoms with Crippen LogP contribution < -0.4 is 5.63 Å². The lowest BCUT2D eigenvalue weighted by atomic mass is 10.0. The van der Waals surface area contributed by atoms with Crippen molar-refractivity contribution in [2.75, 3.05) is 0 Å². The molecule has 0 fully saturated rings. The molecule has 0 aliphatic carbocycles. The van der Waals surface area contributed by atoms with E-state index in [2.05, 4.69) is 9.24 Å². The Morgan fingerprint density at radius 1 is 1.05 bits per heavy atom. The summed E-state index contributed by atoms with van der Waals surface area (Å²) < 4.78 is 5.42. The zero-order valence-electron chi connectivity index (χ0n) is 11.2. The molecule has 1 atom stereocenters. The number of benzene rings is 2. The summed E-state index contributed by atoms with van der Waals surface area (Å²) in [6, 6.07) is 15.8. The fourth-order valence-corrected chi connectivity index (χ4v) is 2.51. The van der Waals surface area contributed by atoms with Crippen molar-refractivity contribution in [1.29, 1.82) is 0 Å². The van der Waals surface area contributed by atoms with Crippen LogP contribution in [0, 0.1) is 6.92 Å². The summed E-state index contributed by atoms with van der Waals surface area (Å²) in [5.74, 6) is 0. The van der Waals surface area contributed by atoms with Gasteiger partial charge in [-0.1, -0.05) is 36.4 Å². The predicted molar refractivity (Wildman–Crippen MR) is 86.1 cm³/mol. The van der Waals surface area contributed by atoms with E-state index in [1.165, 1.54) is 5.56 Å². The molecule has 2 nitrogen and oxygen atoms in total. The first kappa shape index (κ1) is 13.1. The first-order valence-electron chi connectivity index (χ1n) is 6.51. The van der Waals surface area contributed by atoms with E-state index in [-0.39, 0.29) is 5.63 Å². The number of hydrogen-bond acceptors (Lipinski definition) is 2. The van der Waals surface area contributed by atoms with Crippen molar-refractivity contribution in [3.63, 3.8) is 0 Å². The second-order valence-corrected chi connectivity index (χ2v) is 5.30. The van der Waals surface area contributed by atoms with Crippen molar-refractivity contribution in [1.82, 2.24) is 0 Å². The maximum atomic E-state index is 12.1. The lowest BCUT2D eigenvalue weighted by molar-refractivity contribution is 0.563. The molecule has 2 aromatic carbocycles. The summed E-state index contributed by atoms with van der Waals surface area (Å²) in [7, 11) is 2.69. The molecule has 0 bridgehead atoms. The number of aryl methyl sites for hydroxylation is 1. The minimum absolute atomic E-state index is 0.290. The highest BCUT2D eigenvalue weighted by atomic mass is 31.0. The lowest BCUT2D eigenvalue weighted by Crippen LogP contribution is -2.02. The smallest absolute Gasteiger partial charge is 0.344 e. The molecule has 0 N–H and O–H groups in total. The van der Waals surface area contributed by atoms with Gasteiger partial charge >= 0.3 is 5.63 Å². The molecule has 0 saturated carbocycles. The molecule has 1 heterocycles. The summed E-state index contributed by atoms with van der Waals surface area (Å²) in [5, 5.41) is 0.945. The van der Waals surface area contributed by atoms with Gasteiger partial charge in [0.2, 0.25) is 0 Å². The Labute approximate surface area is 119 Å². The molecule has 0 spiro atoms. The average Bonchev–Trinajstić information content (AvgIpc) is 2.46. The van der Waals surface area contributed by atoms with Gasteiger partial charge in [-0.3, -0.25) is 0 Å². The van der Waals surface area contributed by atoms with E-state index in [4.69, 9.17) is 4.42 Å². The molecule has 3 rings (SSSR count). The van der Waals surface area contributed by atoms with Gasteiger partial charge < -0.3 is 4.42 Å². The third kappa shape index (κ3) is 2.39. The van der Waals surface area contributed by atoms with E-state index < -0.39 is 0 Å². The van der Waals surface area contributed by atoms with E-state index in [0.29, 0.717) is 11.1 Å². The molecule has 20 heavy (non-hydrogen) atoms. The van der Waals surface area contributed by atoms with E-state index >= 15 is 0 Å². The van der Waals surface area contributed by atoms with Crippen LogP contribution >= 0.6 is 9.24 Å². The quantitative estimate of drug-likeness (QED) is 0.522. The van der Waals surface area contributed by atoms with Crippen molar-refractivity contribution < 1.29 is 4.42 Å². The van der Waals surface area contributed by atoms with E-state index in [0.717, 1.165) is 22.7 Å². The monoisotopic (exact) mass is 282 g/mol. The standard InChI is InChI=1S/C17H15O2P/c1-11-2-5-14-9-15(17(18)19-16(14)8-11)13-6-3-12(10-20)4-7-13/h2-9H,10,20H2,1H3. The molecular formula is C17H15O2P. The third-order valence-electron chi connectivity index (χ3n) is 3.39. The van der Waals surface area contributed by atoms with Gasteiger partial charge in [-0.05, 0) is 41.9 Å². The zero-order chi connectivity index (χ0) is 14.1. The van der Waals surface area contributed by atoms with Crippen LogP contribution in [0.3, 0.4) is 0 Å². The highest BCUT2D eigenvalue weighted by molar-refractivity contribution is 7.15. The van der Waals surface area contributed by atoms with Crippen LogP contribution in [0.4, 0.5) is 0 Å². The lowest BCUT2D eigenvalue weighted by Gasteiger charge is -2.04. The minimum Gasteiger partial charge on any atom is -0.422 e. The Morgan fingerprint density at radius 2 is 1.80 bits per heavy atom. The number of fused-ring (bicyclic) bond motifs is 1. The van der Waals surface area contributed by atoms with Crippen molar-refractivity contribution in [3.05, 3.63) is 70.1 Å². The van der Waals surface area contributed by atoms with Crippen LogP contribution in [-0.2, 0) is 6.16 Å². The average molecular weight is 282 g/mol. The van der Waals surface area contributed by atoms with Gasteiger partial charge in [-0.2, -0.15) is 0 Å². The normalized spacial score (nSPS) is 10.9. The Bertz CT molecular complexity index is 817. The van der Waals surface area contributed by atoms with Crippen LogP contribution in [0.2, 0.25) is 0 Å². The SMILES string of the molecule is Cc1ccc2cc(-c3ccc(CP)cc3)c(=O)oc2c1. The Kier molecular flexibility index (Phi) is 3.42. The highest BCUT2D eigenvalue weighted by Crippen LogP contribution is 2.22. The molecule has 0 amide bonds. The van der Waals surface area contributed by atoms with Crippen LogP contribution in [0.15, 0.2) is 57.7 Å². The predicted octanol–water partition coefficient (Wildman–Crippen LogP) is 4.14. The van der Waals surface area contributed by atoms with Crippen LogP contribution in [0.25, 0.3) is 22.1 Å². The molecule has 0 saturated heterocycles. The van der Waals surface area contributed by atoms with E-state index in [9.17, 15) is 4.79 Å². The molecule has 1 aromatic heterocycles. The highest BCUT2D eigenvalue weighted by Gasteiger charge is 2.07. The summed E-state index contributed by atoms with van der Waals surface area (Å²) in [6.07, 6.45) is 0.909. The van der Waals surface area contributed by atoms with Gasteiger partial charge in [0.15, 0.2) is 0 Å². The summed E-state index contributed by atoms with van der Waals surface area (Å²) in [6.45, 7) is 1.98. The molecule has 0 radical (unpaired) electrons. The largest absolute Gasteiger partial charge is 0.422 e. The topological polar surface area (TPSA) is 30.2 Å². The van der Waals surface area contributed by atoms with Crippen molar-refractivity contribution in [3.8, 4) is 11.1 Å². The fourth-order valence-electron chi connectivity index (χ4n) is 2.24. The van der Waals surface area contributed by atoms with E-state index in [1.54, 1.807) is 0 Å². The van der Waals surface area contributed by atoms with Crippen molar-refractivity contribution in [2.24, 2.45) is 0 Å². The van der Waals surface area contributed by atoms with Gasteiger partial charge in [-0.15, -0.1) is 9.24 Å². The van der Waals surface area contributed by atoms with Crippen LogP contribution in [-0.4, -0.2) is 0 Å². The van der Waals surface area contributed by atoms with Gasteiger partial charge in [0.1, 0.15) is 5.58 Å². The fraction of sp³-hybridized carbons (Fsp3) is 0.118. The van der Waals surface area contributed by atoms with Gasteiger partial charge in [-0.25, -0.2) is 4.79 Å². The third-order valence-corrected chi connectivity index (χ3v) is 3.86. The van der Waals surface area contributed by atoms with Gasteiger partial charge in [0, 0.05) is 5.39 Å². The van der Waals surface area contributed by atoms with E-state index in [1.807, 2.05) is 55.5 Å². The zero-order valence-corrected chi connectivity index (χ0v) is 12.4. The van der Waals surface area contributed by atoms with Crippen LogP contribution in [0.1, 0.15) is 11.1 Å². The minimum atomic E-state index is -0.290. The molecule has 0 aliphatic rings. The second kappa shape index (κ2) is 5.22. The summed E-state index contributed by atoms with van der Waals surface area (Å²) in [4.78, 5) is 12.1. The molecule has 0 aliphatic heterocycles. The molecule has 100 valence electrons. The molecule has 1 unspecified atom stereocenters. The Balaban J connectivity index is 2.17. The maximum absolute atomic E-state index is 12.1.